The minimum Gasteiger partial charge on any atom is -0.467 e. The Hall–Kier alpha value is -1.07. The number of rotatable bonds is 3. The molecule has 0 atom stereocenters. The number of halogens is 2. The molecule has 0 aliphatic rings. The molecule has 0 unspecified atom stereocenters. The molecule has 0 aliphatic carbocycles. The highest BCUT2D eigenvalue weighted by Crippen LogP contribution is 2.23. The van der Waals surface area contributed by atoms with E-state index in [4.69, 9.17) is 4.42 Å². The fraction of sp³-hybridized carbons (Fsp3) is 0.154. The Morgan fingerprint density at radius 1 is 1.33 bits per heavy atom. The van der Waals surface area contributed by atoms with Crippen LogP contribution in [-0.4, -0.2) is 17.9 Å². The van der Waals surface area contributed by atoms with Crippen molar-refractivity contribution in [3.8, 4) is 0 Å². The Morgan fingerprint density at radius 3 is 2.72 bits per heavy atom. The lowest BCUT2D eigenvalue weighted by Crippen LogP contribution is -2.26. The van der Waals surface area contributed by atoms with Crippen molar-refractivity contribution in [2.24, 2.45) is 0 Å². The summed E-state index contributed by atoms with van der Waals surface area (Å²) in [4.78, 5) is 13.9. The molecule has 3 nitrogen and oxygen atoms in total. The summed E-state index contributed by atoms with van der Waals surface area (Å²) in [7, 11) is 1.75. The molecule has 2 rings (SSSR count). The van der Waals surface area contributed by atoms with Crippen molar-refractivity contribution in [2.45, 2.75) is 6.54 Å². The van der Waals surface area contributed by atoms with E-state index in [0.717, 1.165) is 14.7 Å². The van der Waals surface area contributed by atoms with Gasteiger partial charge in [0.05, 0.1) is 18.4 Å². The van der Waals surface area contributed by atoms with E-state index in [9.17, 15) is 4.79 Å². The first-order valence-corrected chi connectivity index (χ1v) is 6.89. The zero-order valence-corrected chi connectivity index (χ0v) is 12.9. The summed E-state index contributed by atoms with van der Waals surface area (Å²) in [5, 5.41) is 0. The molecule has 0 saturated heterocycles. The molecular weight excluding hydrogens is 362 g/mol. The van der Waals surface area contributed by atoms with Gasteiger partial charge in [0.15, 0.2) is 0 Å². The smallest absolute Gasteiger partial charge is 0.255 e. The Bertz CT molecular complexity index is 552. The molecule has 1 heterocycles. The monoisotopic (exact) mass is 371 g/mol. The van der Waals surface area contributed by atoms with Crippen LogP contribution in [0, 0.1) is 0 Å². The predicted molar refractivity (Wildman–Crippen MR) is 76.3 cm³/mol. The molecule has 0 bridgehead atoms. The highest BCUT2D eigenvalue weighted by atomic mass is 79.9. The standard InChI is InChI=1S/C13H11Br2NO2/c1-16(8-10-3-2-6-18-10)13(17)11-5-4-9(14)7-12(11)15/h2-7H,8H2,1H3. The normalized spacial score (nSPS) is 10.4. The number of hydrogen-bond donors (Lipinski definition) is 0. The van der Waals surface area contributed by atoms with E-state index in [1.54, 1.807) is 24.3 Å². The topological polar surface area (TPSA) is 33.5 Å². The van der Waals surface area contributed by atoms with Gasteiger partial charge in [-0.1, -0.05) is 15.9 Å². The van der Waals surface area contributed by atoms with Gasteiger partial charge >= 0.3 is 0 Å². The number of hydrogen-bond acceptors (Lipinski definition) is 2. The largest absolute Gasteiger partial charge is 0.467 e. The first kappa shape index (κ1) is 13.4. The molecule has 1 amide bonds. The van der Waals surface area contributed by atoms with Crippen molar-refractivity contribution in [1.29, 1.82) is 0 Å². The van der Waals surface area contributed by atoms with Gasteiger partial charge in [-0.05, 0) is 46.3 Å². The molecule has 1 aromatic heterocycles. The van der Waals surface area contributed by atoms with Gasteiger partial charge in [-0.3, -0.25) is 4.79 Å². The fourth-order valence-electron chi connectivity index (χ4n) is 1.58. The summed E-state index contributed by atoms with van der Waals surface area (Å²) in [6.07, 6.45) is 1.60. The maximum absolute atomic E-state index is 12.2. The quantitative estimate of drug-likeness (QED) is 0.813. The number of benzene rings is 1. The van der Waals surface area contributed by atoms with E-state index in [2.05, 4.69) is 31.9 Å². The van der Waals surface area contributed by atoms with Crippen LogP contribution in [0.3, 0.4) is 0 Å². The van der Waals surface area contributed by atoms with Crippen molar-refractivity contribution in [2.75, 3.05) is 7.05 Å². The molecule has 2 aromatic rings. The van der Waals surface area contributed by atoms with Crippen molar-refractivity contribution < 1.29 is 9.21 Å². The zero-order chi connectivity index (χ0) is 13.1. The molecule has 0 saturated carbocycles. The minimum atomic E-state index is -0.0502. The van der Waals surface area contributed by atoms with E-state index in [-0.39, 0.29) is 5.91 Å². The SMILES string of the molecule is CN(Cc1ccco1)C(=O)c1ccc(Br)cc1Br. The summed E-state index contributed by atoms with van der Waals surface area (Å²) in [5.41, 5.74) is 0.632. The predicted octanol–water partition coefficient (Wildman–Crippen LogP) is 4.08. The van der Waals surface area contributed by atoms with E-state index < -0.39 is 0 Å². The summed E-state index contributed by atoms with van der Waals surface area (Å²) >= 11 is 6.75. The van der Waals surface area contributed by atoms with E-state index in [1.165, 1.54) is 0 Å². The molecule has 5 heteroatoms. The molecule has 0 radical (unpaired) electrons. The van der Waals surface area contributed by atoms with Crippen LogP contribution in [0.2, 0.25) is 0 Å². The molecule has 1 aromatic carbocycles. The van der Waals surface area contributed by atoms with Crippen molar-refractivity contribution >= 4 is 37.8 Å². The summed E-state index contributed by atoms with van der Waals surface area (Å²) in [6, 6.07) is 9.14. The van der Waals surface area contributed by atoms with Crippen molar-refractivity contribution in [3.05, 3.63) is 56.9 Å². The lowest BCUT2D eigenvalue weighted by Gasteiger charge is -2.16. The fourth-order valence-corrected chi connectivity index (χ4v) is 2.79. The van der Waals surface area contributed by atoms with Gasteiger partial charge in [-0.15, -0.1) is 0 Å². The van der Waals surface area contributed by atoms with Crippen molar-refractivity contribution in [1.82, 2.24) is 4.90 Å². The van der Waals surface area contributed by atoms with E-state index in [0.29, 0.717) is 12.1 Å². The Balaban J connectivity index is 2.15. The lowest BCUT2D eigenvalue weighted by molar-refractivity contribution is 0.0774. The average molecular weight is 373 g/mol. The third-order valence-electron chi connectivity index (χ3n) is 2.48. The summed E-state index contributed by atoms with van der Waals surface area (Å²) in [5.74, 6) is 0.713. The Morgan fingerprint density at radius 2 is 2.11 bits per heavy atom. The third-order valence-corrected chi connectivity index (χ3v) is 3.63. The Kier molecular flexibility index (Phi) is 4.24. The second-order valence-electron chi connectivity index (χ2n) is 3.86. The third kappa shape index (κ3) is 3.03. The van der Waals surface area contributed by atoms with Crippen LogP contribution < -0.4 is 0 Å². The molecule has 0 N–H and O–H groups in total. The van der Waals surface area contributed by atoms with Crippen LogP contribution in [0.1, 0.15) is 16.1 Å². The van der Waals surface area contributed by atoms with Gasteiger partial charge in [0, 0.05) is 16.0 Å². The molecule has 0 spiro atoms. The first-order chi connectivity index (χ1) is 8.58. The number of carbonyl (C=O) groups excluding carboxylic acids is 1. The van der Waals surface area contributed by atoms with Gasteiger partial charge in [0.1, 0.15) is 5.76 Å². The van der Waals surface area contributed by atoms with Gasteiger partial charge in [-0.25, -0.2) is 0 Å². The molecule has 0 fully saturated rings. The number of furan rings is 1. The summed E-state index contributed by atoms with van der Waals surface area (Å²) < 4.78 is 6.93. The van der Waals surface area contributed by atoms with Crippen LogP contribution in [0.5, 0.6) is 0 Å². The number of amides is 1. The van der Waals surface area contributed by atoms with Crippen LogP contribution >= 0.6 is 31.9 Å². The van der Waals surface area contributed by atoms with Crippen molar-refractivity contribution in [3.63, 3.8) is 0 Å². The van der Waals surface area contributed by atoms with Gasteiger partial charge in [0.2, 0.25) is 0 Å². The highest BCUT2D eigenvalue weighted by molar-refractivity contribution is 9.11. The molecule has 94 valence electrons. The summed E-state index contributed by atoms with van der Waals surface area (Å²) in [6.45, 7) is 0.453. The second kappa shape index (κ2) is 5.71. The zero-order valence-electron chi connectivity index (χ0n) is 9.69. The number of carbonyl (C=O) groups is 1. The van der Waals surface area contributed by atoms with Gasteiger partial charge in [-0.2, -0.15) is 0 Å². The maximum Gasteiger partial charge on any atom is 0.255 e. The highest BCUT2D eigenvalue weighted by Gasteiger charge is 2.16. The van der Waals surface area contributed by atoms with E-state index >= 15 is 0 Å². The number of nitrogens with zero attached hydrogens (tertiary/aromatic N) is 1. The first-order valence-electron chi connectivity index (χ1n) is 5.31. The molecule has 0 aliphatic heterocycles. The lowest BCUT2D eigenvalue weighted by atomic mass is 10.2. The van der Waals surface area contributed by atoms with Gasteiger partial charge in [0.25, 0.3) is 5.91 Å². The molecular formula is C13H11Br2NO2. The Labute approximate surface area is 122 Å². The average Bonchev–Trinajstić information content (AvgIpc) is 2.81. The van der Waals surface area contributed by atoms with Gasteiger partial charge < -0.3 is 9.32 Å². The van der Waals surface area contributed by atoms with Crippen LogP contribution in [0.4, 0.5) is 0 Å². The molecule has 18 heavy (non-hydrogen) atoms. The second-order valence-corrected chi connectivity index (χ2v) is 5.63. The maximum atomic E-state index is 12.2. The van der Waals surface area contributed by atoms with Crippen LogP contribution in [0.15, 0.2) is 50.0 Å². The van der Waals surface area contributed by atoms with E-state index in [1.807, 2.05) is 24.3 Å². The van der Waals surface area contributed by atoms with Crippen LogP contribution in [-0.2, 0) is 6.54 Å². The van der Waals surface area contributed by atoms with Crippen LogP contribution in [0.25, 0.3) is 0 Å². The minimum absolute atomic E-state index is 0.0502.